The van der Waals surface area contributed by atoms with Crippen LogP contribution in [-0.4, -0.2) is 50.5 Å². The van der Waals surface area contributed by atoms with E-state index < -0.39 is 15.9 Å². The highest BCUT2D eigenvalue weighted by Crippen LogP contribution is 2.35. The molecule has 2 atom stereocenters. The lowest BCUT2D eigenvalue weighted by Crippen LogP contribution is -2.42. The number of fused-ring (bicyclic) bond motifs is 1. The Morgan fingerprint density at radius 3 is 2.22 bits per heavy atom. The summed E-state index contributed by atoms with van der Waals surface area (Å²) in [5, 5.41) is 0. The van der Waals surface area contributed by atoms with Gasteiger partial charge in [0.1, 0.15) is 21.7 Å². The van der Waals surface area contributed by atoms with Crippen molar-refractivity contribution in [3.05, 3.63) is 46.8 Å². The van der Waals surface area contributed by atoms with Gasteiger partial charge in [-0.1, -0.05) is 32.1 Å². The molecule has 4 rings (SSSR count). The summed E-state index contributed by atoms with van der Waals surface area (Å²) in [4.78, 5) is 18.2. The van der Waals surface area contributed by atoms with Gasteiger partial charge < -0.3 is 14.0 Å². The van der Waals surface area contributed by atoms with Gasteiger partial charge >= 0.3 is 0 Å². The van der Waals surface area contributed by atoms with Gasteiger partial charge in [-0.25, -0.2) is 8.42 Å². The fourth-order valence-corrected chi connectivity index (χ4v) is 7.69. The fourth-order valence-electron chi connectivity index (χ4n) is 4.84. The third-order valence-corrected chi connectivity index (χ3v) is 9.35. The third-order valence-electron chi connectivity index (χ3n) is 6.41. The second-order valence-electron chi connectivity index (χ2n) is 9.39. The lowest BCUT2D eigenvalue weighted by molar-refractivity contribution is 0.0997. The minimum atomic E-state index is -3.61. The number of hydrogen-bond acceptors (Lipinski definition) is 6. The standard InChI is InChI=1S/C26H33N3O5S2/c1-6-13-29-23-21(33-4)11-12-22(34-5)24(23)35-26(29)27-25(30)19-7-9-20(10-8-19)36(31,32)28-15-17(2)14-18(3)16-28/h7-12,17-18H,6,13-16H2,1-5H3. The maximum atomic E-state index is 13.2. The van der Waals surface area contributed by atoms with Crippen molar-refractivity contribution in [2.45, 2.75) is 45.1 Å². The zero-order valence-electron chi connectivity index (χ0n) is 21.4. The van der Waals surface area contributed by atoms with Crippen molar-refractivity contribution >= 4 is 37.5 Å². The molecule has 0 N–H and O–H groups in total. The average Bonchev–Trinajstić information content (AvgIpc) is 3.21. The van der Waals surface area contributed by atoms with E-state index in [1.807, 2.05) is 16.7 Å². The molecule has 1 amide bonds. The van der Waals surface area contributed by atoms with Crippen molar-refractivity contribution in [1.29, 1.82) is 0 Å². The summed E-state index contributed by atoms with van der Waals surface area (Å²) in [5.74, 6) is 1.56. The molecule has 8 nitrogen and oxygen atoms in total. The molecule has 1 saturated heterocycles. The first kappa shape index (κ1) is 26.4. The molecule has 0 radical (unpaired) electrons. The maximum Gasteiger partial charge on any atom is 0.279 e. The van der Waals surface area contributed by atoms with E-state index in [0.717, 1.165) is 23.1 Å². The van der Waals surface area contributed by atoms with E-state index in [-0.39, 0.29) is 4.90 Å². The second-order valence-corrected chi connectivity index (χ2v) is 12.3. The lowest BCUT2D eigenvalue weighted by Gasteiger charge is -2.34. The van der Waals surface area contributed by atoms with Crippen LogP contribution in [0.2, 0.25) is 0 Å². The molecule has 2 aromatic carbocycles. The largest absolute Gasteiger partial charge is 0.495 e. The van der Waals surface area contributed by atoms with Crippen molar-refractivity contribution in [3.63, 3.8) is 0 Å². The predicted octanol–water partition coefficient (Wildman–Crippen LogP) is 4.54. The quantitative estimate of drug-likeness (QED) is 0.447. The van der Waals surface area contributed by atoms with Gasteiger partial charge in [0.15, 0.2) is 4.80 Å². The molecule has 36 heavy (non-hydrogen) atoms. The molecule has 0 aliphatic carbocycles. The first-order valence-corrected chi connectivity index (χ1v) is 14.4. The van der Waals surface area contributed by atoms with E-state index in [9.17, 15) is 13.2 Å². The molecule has 2 unspecified atom stereocenters. The molecule has 0 bridgehead atoms. The van der Waals surface area contributed by atoms with E-state index in [1.54, 1.807) is 18.5 Å². The zero-order valence-corrected chi connectivity index (χ0v) is 23.0. The summed E-state index contributed by atoms with van der Waals surface area (Å²) in [6.07, 6.45) is 1.86. The zero-order chi connectivity index (χ0) is 26.0. The van der Waals surface area contributed by atoms with Crippen molar-refractivity contribution in [1.82, 2.24) is 8.87 Å². The van der Waals surface area contributed by atoms with E-state index >= 15 is 0 Å². The minimum absolute atomic E-state index is 0.192. The van der Waals surface area contributed by atoms with Crippen LogP contribution in [0.15, 0.2) is 46.3 Å². The van der Waals surface area contributed by atoms with Crippen LogP contribution in [0, 0.1) is 11.8 Å². The van der Waals surface area contributed by atoms with Gasteiger partial charge in [-0.15, -0.1) is 0 Å². The molecule has 1 aliphatic heterocycles. The number of hydrogen-bond donors (Lipinski definition) is 0. The van der Waals surface area contributed by atoms with Crippen LogP contribution in [0.5, 0.6) is 11.5 Å². The number of sulfonamides is 1. The first-order chi connectivity index (χ1) is 17.2. The van der Waals surface area contributed by atoms with Gasteiger partial charge in [-0.05, 0) is 61.1 Å². The van der Waals surface area contributed by atoms with Gasteiger partial charge in [0.2, 0.25) is 10.0 Å². The van der Waals surface area contributed by atoms with Crippen LogP contribution in [-0.2, 0) is 16.6 Å². The van der Waals surface area contributed by atoms with Crippen LogP contribution in [0.4, 0.5) is 0 Å². The Hall–Kier alpha value is -2.69. The molecule has 1 fully saturated rings. The number of piperidine rings is 1. The summed E-state index contributed by atoms with van der Waals surface area (Å²) in [5.41, 5.74) is 1.16. The Balaban J connectivity index is 1.69. The number of carbonyl (C=O) groups is 1. The average molecular weight is 532 g/mol. The Labute approximate surface area is 216 Å². The van der Waals surface area contributed by atoms with Gasteiger partial charge in [-0.3, -0.25) is 4.79 Å². The molecular weight excluding hydrogens is 498 g/mol. The number of carbonyl (C=O) groups excluding carboxylic acids is 1. The smallest absolute Gasteiger partial charge is 0.279 e. The topological polar surface area (TPSA) is 90.2 Å². The van der Waals surface area contributed by atoms with Crippen LogP contribution < -0.4 is 14.3 Å². The molecule has 3 aromatic rings. The van der Waals surface area contributed by atoms with Crippen LogP contribution >= 0.6 is 11.3 Å². The molecule has 194 valence electrons. The highest BCUT2D eigenvalue weighted by molar-refractivity contribution is 7.89. The number of nitrogens with zero attached hydrogens (tertiary/aromatic N) is 3. The van der Waals surface area contributed by atoms with Crippen molar-refractivity contribution in [3.8, 4) is 11.5 Å². The normalized spacial score (nSPS) is 19.5. The SMILES string of the molecule is CCCn1c(=NC(=O)c2ccc(S(=O)(=O)N3CC(C)CC(C)C3)cc2)sc2c(OC)ccc(OC)c21. The summed E-state index contributed by atoms with van der Waals surface area (Å²) >= 11 is 1.36. The Bertz CT molecular complexity index is 1410. The molecule has 0 spiro atoms. The molecule has 2 heterocycles. The van der Waals surface area contributed by atoms with E-state index in [2.05, 4.69) is 25.8 Å². The number of ether oxygens (including phenoxy) is 2. The minimum Gasteiger partial charge on any atom is -0.495 e. The number of thiazole rings is 1. The number of rotatable bonds is 7. The molecular formula is C26H33N3O5S2. The number of aromatic nitrogens is 1. The summed E-state index contributed by atoms with van der Waals surface area (Å²) in [7, 11) is -0.400. The van der Waals surface area contributed by atoms with Gasteiger partial charge in [0.25, 0.3) is 5.91 Å². The number of benzene rings is 2. The maximum absolute atomic E-state index is 13.2. The summed E-state index contributed by atoms with van der Waals surface area (Å²) < 4.78 is 41.8. The van der Waals surface area contributed by atoms with Crippen LogP contribution in [0.3, 0.4) is 0 Å². The van der Waals surface area contributed by atoms with Gasteiger partial charge in [-0.2, -0.15) is 9.30 Å². The van der Waals surface area contributed by atoms with Crippen molar-refractivity contribution in [2.24, 2.45) is 16.8 Å². The van der Waals surface area contributed by atoms with Gasteiger partial charge in [0.05, 0.1) is 19.1 Å². The van der Waals surface area contributed by atoms with E-state index in [0.29, 0.717) is 53.3 Å². The highest BCUT2D eigenvalue weighted by Gasteiger charge is 2.31. The lowest BCUT2D eigenvalue weighted by atomic mass is 9.94. The van der Waals surface area contributed by atoms with Crippen LogP contribution in [0.25, 0.3) is 10.2 Å². The van der Waals surface area contributed by atoms with Crippen molar-refractivity contribution < 1.29 is 22.7 Å². The van der Waals surface area contributed by atoms with E-state index in [1.165, 1.54) is 35.6 Å². The molecule has 1 aromatic heterocycles. The highest BCUT2D eigenvalue weighted by atomic mass is 32.2. The first-order valence-electron chi connectivity index (χ1n) is 12.1. The second kappa shape index (κ2) is 10.7. The fraction of sp³-hybridized carbons (Fsp3) is 0.462. The van der Waals surface area contributed by atoms with E-state index in [4.69, 9.17) is 9.47 Å². The Morgan fingerprint density at radius 2 is 1.64 bits per heavy atom. The predicted molar refractivity (Wildman–Crippen MR) is 141 cm³/mol. The number of amides is 1. The van der Waals surface area contributed by atoms with Crippen LogP contribution in [0.1, 0.15) is 44.0 Å². The summed E-state index contributed by atoms with van der Waals surface area (Å²) in [6.45, 7) is 7.88. The Morgan fingerprint density at radius 1 is 1.03 bits per heavy atom. The number of aryl methyl sites for hydroxylation is 1. The van der Waals surface area contributed by atoms with Crippen molar-refractivity contribution in [2.75, 3.05) is 27.3 Å². The monoisotopic (exact) mass is 531 g/mol. The molecule has 10 heteroatoms. The van der Waals surface area contributed by atoms with Gasteiger partial charge in [0, 0.05) is 25.2 Å². The number of methoxy groups -OCH3 is 2. The molecule has 1 aliphatic rings. The third kappa shape index (κ3) is 5.07. The Kier molecular flexibility index (Phi) is 7.87. The summed E-state index contributed by atoms with van der Waals surface area (Å²) in [6, 6.07) is 9.75. The molecule has 0 saturated carbocycles.